The van der Waals surface area contributed by atoms with Crippen LogP contribution in [-0.4, -0.2) is 0 Å². The van der Waals surface area contributed by atoms with Gasteiger partial charge in [0.2, 0.25) is 0 Å². The van der Waals surface area contributed by atoms with Crippen LogP contribution < -0.4 is 5.73 Å². The van der Waals surface area contributed by atoms with Crippen LogP contribution in [0.1, 0.15) is 58.1 Å². The molecule has 2 N–H and O–H groups in total. The van der Waals surface area contributed by atoms with Crippen LogP contribution in [0.15, 0.2) is 12.1 Å². The summed E-state index contributed by atoms with van der Waals surface area (Å²) in [6.45, 7) is 10.2. The molecule has 2 rings (SSSR count). The Balaban J connectivity index is 2.52. The number of halogens is 2. The first-order valence-electron chi connectivity index (χ1n) is 7.20. The highest BCUT2D eigenvalue weighted by atomic mass is 19.2. The van der Waals surface area contributed by atoms with Crippen molar-refractivity contribution in [1.82, 2.24) is 0 Å². The lowest BCUT2D eigenvalue weighted by Gasteiger charge is -2.50. The van der Waals surface area contributed by atoms with Crippen molar-refractivity contribution in [3.05, 3.63) is 34.9 Å². The van der Waals surface area contributed by atoms with Crippen LogP contribution in [0.5, 0.6) is 0 Å². The van der Waals surface area contributed by atoms with Crippen LogP contribution in [0.2, 0.25) is 0 Å². The molecular weight excluding hydrogens is 256 g/mol. The van der Waals surface area contributed by atoms with Crippen molar-refractivity contribution >= 4 is 0 Å². The van der Waals surface area contributed by atoms with Gasteiger partial charge in [-0.3, -0.25) is 0 Å². The molecule has 0 unspecified atom stereocenters. The molecule has 0 saturated heterocycles. The molecule has 1 aliphatic carbocycles. The summed E-state index contributed by atoms with van der Waals surface area (Å²) in [4.78, 5) is 0. The van der Waals surface area contributed by atoms with E-state index in [-0.39, 0.29) is 10.8 Å². The summed E-state index contributed by atoms with van der Waals surface area (Å²) in [6, 6.07) is 3.28. The average Bonchev–Trinajstić information content (AvgIpc) is 2.20. The molecular formula is C17H25F2N. The van der Waals surface area contributed by atoms with E-state index in [2.05, 4.69) is 27.7 Å². The fourth-order valence-electron chi connectivity index (χ4n) is 4.41. The molecule has 1 nitrogen and oxygen atoms in total. The minimum absolute atomic E-state index is 0.0182. The lowest BCUT2D eigenvalue weighted by atomic mass is 9.57. The van der Waals surface area contributed by atoms with Crippen molar-refractivity contribution in [3.63, 3.8) is 0 Å². The van der Waals surface area contributed by atoms with Gasteiger partial charge in [-0.2, -0.15) is 0 Å². The third kappa shape index (κ3) is 2.73. The second kappa shape index (κ2) is 4.52. The SMILES string of the molecule is Cc1ccc(C2(N)CC(C)(C)CC(C)(C)C2)c(F)c1F. The van der Waals surface area contributed by atoms with Gasteiger partial charge in [0.15, 0.2) is 11.6 Å². The van der Waals surface area contributed by atoms with E-state index < -0.39 is 17.2 Å². The Hall–Kier alpha value is -0.960. The monoisotopic (exact) mass is 281 g/mol. The van der Waals surface area contributed by atoms with E-state index in [9.17, 15) is 8.78 Å². The Morgan fingerprint density at radius 2 is 1.40 bits per heavy atom. The quantitative estimate of drug-likeness (QED) is 0.795. The van der Waals surface area contributed by atoms with Crippen molar-refractivity contribution in [2.75, 3.05) is 0 Å². The lowest BCUT2D eigenvalue weighted by molar-refractivity contribution is 0.0450. The van der Waals surface area contributed by atoms with Gasteiger partial charge in [-0.25, -0.2) is 8.78 Å². The molecule has 1 fully saturated rings. The fourth-order valence-corrected chi connectivity index (χ4v) is 4.41. The summed E-state index contributed by atoms with van der Waals surface area (Å²) in [5.41, 5.74) is 6.42. The zero-order chi connectivity index (χ0) is 15.3. The number of hydrogen-bond acceptors (Lipinski definition) is 1. The highest BCUT2D eigenvalue weighted by Gasteiger charge is 2.47. The van der Waals surface area contributed by atoms with Crippen molar-refractivity contribution in [3.8, 4) is 0 Å². The number of rotatable bonds is 1. The summed E-state index contributed by atoms with van der Waals surface area (Å²) in [6.07, 6.45) is 2.38. The van der Waals surface area contributed by atoms with Gasteiger partial charge in [0.05, 0.1) is 0 Å². The Morgan fingerprint density at radius 3 is 1.90 bits per heavy atom. The number of hydrogen-bond donors (Lipinski definition) is 1. The molecule has 0 aromatic heterocycles. The largest absolute Gasteiger partial charge is 0.321 e. The molecule has 0 amide bonds. The van der Waals surface area contributed by atoms with Gasteiger partial charge < -0.3 is 5.73 Å². The van der Waals surface area contributed by atoms with Crippen molar-refractivity contribution < 1.29 is 8.78 Å². The first-order valence-corrected chi connectivity index (χ1v) is 7.20. The van der Waals surface area contributed by atoms with Gasteiger partial charge in [0.1, 0.15) is 0 Å². The first kappa shape index (κ1) is 15.4. The van der Waals surface area contributed by atoms with Gasteiger partial charge in [-0.15, -0.1) is 0 Å². The second-order valence-corrected chi connectivity index (χ2v) is 8.07. The summed E-state index contributed by atoms with van der Waals surface area (Å²) < 4.78 is 28.2. The maximum absolute atomic E-state index is 14.3. The predicted molar refractivity (Wildman–Crippen MR) is 78.4 cm³/mol. The fraction of sp³-hybridized carbons (Fsp3) is 0.647. The van der Waals surface area contributed by atoms with E-state index in [4.69, 9.17) is 5.73 Å². The molecule has 1 saturated carbocycles. The molecule has 0 heterocycles. The second-order valence-electron chi connectivity index (χ2n) is 8.07. The highest BCUT2D eigenvalue weighted by Crippen LogP contribution is 2.53. The van der Waals surface area contributed by atoms with Crippen LogP contribution >= 0.6 is 0 Å². The summed E-state index contributed by atoms with van der Waals surface area (Å²) in [5, 5.41) is 0. The minimum atomic E-state index is -0.802. The third-order valence-corrected chi connectivity index (χ3v) is 4.36. The highest BCUT2D eigenvalue weighted by molar-refractivity contribution is 5.32. The van der Waals surface area contributed by atoms with Crippen LogP contribution in [0.25, 0.3) is 0 Å². The van der Waals surface area contributed by atoms with E-state index >= 15 is 0 Å². The van der Waals surface area contributed by atoms with Gasteiger partial charge in [-0.1, -0.05) is 39.8 Å². The zero-order valence-electron chi connectivity index (χ0n) is 13.1. The Labute approximate surface area is 120 Å². The predicted octanol–water partition coefficient (Wildman–Crippen LogP) is 4.66. The normalized spacial score (nSPS) is 23.6. The molecule has 112 valence electrons. The zero-order valence-corrected chi connectivity index (χ0v) is 13.1. The molecule has 1 aromatic rings. The molecule has 1 aliphatic rings. The molecule has 0 bridgehead atoms. The number of aryl methyl sites for hydroxylation is 1. The topological polar surface area (TPSA) is 26.0 Å². The van der Waals surface area contributed by atoms with Gasteiger partial charge in [0, 0.05) is 11.1 Å². The Morgan fingerprint density at radius 1 is 0.900 bits per heavy atom. The van der Waals surface area contributed by atoms with Crippen LogP contribution in [0, 0.1) is 29.4 Å². The standard InChI is InChI=1S/C17H25F2N/c1-11-6-7-12(14(19)13(11)18)17(20)9-15(2,3)8-16(4,5)10-17/h6-7H,8-10,20H2,1-5H3. The van der Waals surface area contributed by atoms with Crippen LogP contribution in [0.4, 0.5) is 8.78 Å². The molecule has 3 heteroatoms. The summed E-state index contributed by atoms with van der Waals surface area (Å²) in [5.74, 6) is -1.55. The number of nitrogens with two attached hydrogens (primary N) is 1. The van der Waals surface area contributed by atoms with Gasteiger partial charge in [0.25, 0.3) is 0 Å². The first-order chi connectivity index (χ1) is 8.96. The van der Waals surface area contributed by atoms with E-state index in [1.54, 1.807) is 19.1 Å². The maximum Gasteiger partial charge on any atom is 0.164 e. The maximum atomic E-state index is 14.3. The summed E-state index contributed by atoms with van der Waals surface area (Å²) >= 11 is 0. The van der Waals surface area contributed by atoms with E-state index in [0.717, 1.165) is 6.42 Å². The molecule has 0 atom stereocenters. The van der Waals surface area contributed by atoms with E-state index in [1.165, 1.54) is 0 Å². The van der Waals surface area contributed by atoms with Gasteiger partial charge >= 0.3 is 0 Å². The third-order valence-electron chi connectivity index (χ3n) is 4.36. The van der Waals surface area contributed by atoms with Crippen LogP contribution in [0.3, 0.4) is 0 Å². The van der Waals surface area contributed by atoms with Crippen molar-refractivity contribution in [2.45, 2.75) is 59.4 Å². The minimum Gasteiger partial charge on any atom is -0.321 e. The Bertz CT molecular complexity index is 516. The van der Waals surface area contributed by atoms with E-state index in [1.807, 2.05) is 0 Å². The van der Waals surface area contributed by atoms with Gasteiger partial charge in [-0.05, 0) is 42.6 Å². The average molecular weight is 281 g/mol. The number of benzene rings is 1. The van der Waals surface area contributed by atoms with E-state index in [0.29, 0.717) is 24.0 Å². The van der Waals surface area contributed by atoms with Crippen molar-refractivity contribution in [1.29, 1.82) is 0 Å². The molecule has 1 aromatic carbocycles. The lowest BCUT2D eigenvalue weighted by Crippen LogP contribution is -2.50. The molecule has 0 radical (unpaired) electrons. The Kier molecular flexibility index (Phi) is 3.49. The molecule has 0 spiro atoms. The molecule has 20 heavy (non-hydrogen) atoms. The van der Waals surface area contributed by atoms with Crippen molar-refractivity contribution in [2.24, 2.45) is 16.6 Å². The summed E-state index contributed by atoms with van der Waals surface area (Å²) in [7, 11) is 0. The van der Waals surface area contributed by atoms with Crippen LogP contribution in [-0.2, 0) is 5.54 Å². The smallest absolute Gasteiger partial charge is 0.164 e. The molecule has 0 aliphatic heterocycles.